The smallest absolute Gasteiger partial charge is 0.265 e. The van der Waals surface area contributed by atoms with Crippen LogP contribution in [0.3, 0.4) is 0 Å². The van der Waals surface area contributed by atoms with Crippen molar-refractivity contribution in [2.24, 2.45) is 0 Å². The van der Waals surface area contributed by atoms with Crippen LogP contribution in [-0.2, 0) is 36.7 Å². The highest BCUT2D eigenvalue weighted by Gasteiger charge is 2.32. The Balaban J connectivity index is 1.52. The van der Waals surface area contributed by atoms with Crippen LogP contribution in [-0.4, -0.2) is 43.8 Å². The van der Waals surface area contributed by atoms with E-state index in [-0.39, 0.29) is 38.9 Å². The van der Waals surface area contributed by atoms with Crippen LogP contribution in [0.5, 0.6) is 11.5 Å². The van der Waals surface area contributed by atoms with Crippen molar-refractivity contribution in [1.29, 1.82) is 0 Å². The van der Waals surface area contributed by atoms with Gasteiger partial charge in [0.05, 0.1) is 5.69 Å². The maximum Gasteiger partial charge on any atom is 0.265 e. The SMILES string of the molecule is CCC(Oc1ccc(C(C)(C)CC)cc1C(C)(C)CC)C(=O)Nc1cc(NC(=O)C(CC)Oc2ccc(C(C)(C)CC)cc2C(C)(C)CC)cc(-c2nc3c(Cl)c(C(C)(C)C)[nH]n3n2)c1. The summed E-state index contributed by atoms with van der Waals surface area (Å²) in [4.78, 5) is 33.4. The Morgan fingerprint density at radius 2 is 1.05 bits per heavy atom. The molecule has 5 rings (SSSR count). The van der Waals surface area contributed by atoms with E-state index in [9.17, 15) is 9.59 Å². The molecule has 3 aromatic carbocycles. The number of hydrogen-bond donors (Lipinski definition) is 3. The van der Waals surface area contributed by atoms with E-state index in [2.05, 4.69) is 144 Å². The minimum absolute atomic E-state index is 0.0110. The predicted octanol–water partition coefficient (Wildman–Crippen LogP) is 14.0. The van der Waals surface area contributed by atoms with E-state index in [0.717, 1.165) is 42.5 Å². The monoisotopic (exact) mass is 909 g/mol. The Kier molecular flexibility index (Phi) is 15.4. The number of halogens is 1. The molecule has 2 atom stereocenters. The number of anilines is 2. The van der Waals surface area contributed by atoms with Crippen molar-refractivity contribution in [2.75, 3.05) is 10.6 Å². The van der Waals surface area contributed by atoms with Gasteiger partial charge in [0.2, 0.25) is 0 Å². The fraction of sp³-hybridized carbons (Fsp3) is 0.556. The van der Waals surface area contributed by atoms with Gasteiger partial charge in [-0.1, -0.05) is 154 Å². The lowest BCUT2D eigenvalue weighted by Crippen LogP contribution is -2.34. The number of amides is 2. The lowest BCUT2D eigenvalue weighted by molar-refractivity contribution is -0.123. The van der Waals surface area contributed by atoms with Gasteiger partial charge in [0.15, 0.2) is 23.7 Å². The summed E-state index contributed by atoms with van der Waals surface area (Å²) in [6.45, 7) is 36.7. The van der Waals surface area contributed by atoms with Gasteiger partial charge >= 0.3 is 0 Å². The number of ether oxygens (including phenoxy) is 2. The molecule has 11 heteroatoms. The van der Waals surface area contributed by atoms with Crippen LogP contribution in [0.2, 0.25) is 5.02 Å². The largest absolute Gasteiger partial charge is 0.480 e. The van der Waals surface area contributed by atoms with Gasteiger partial charge < -0.3 is 20.1 Å². The van der Waals surface area contributed by atoms with E-state index >= 15 is 0 Å². The molecule has 3 N–H and O–H groups in total. The summed E-state index contributed by atoms with van der Waals surface area (Å²) in [5, 5.41) is 14.8. The van der Waals surface area contributed by atoms with Gasteiger partial charge in [0.1, 0.15) is 16.5 Å². The van der Waals surface area contributed by atoms with Crippen LogP contribution in [0, 0.1) is 0 Å². The molecular weight excluding hydrogens is 832 g/mol. The van der Waals surface area contributed by atoms with Crippen molar-refractivity contribution in [2.45, 2.75) is 196 Å². The summed E-state index contributed by atoms with van der Waals surface area (Å²) in [7, 11) is 0. The summed E-state index contributed by atoms with van der Waals surface area (Å²) in [5.74, 6) is 1.11. The second-order valence-electron chi connectivity index (χ2n) is 21.4. The van der Waals surface area contributed by atoms with Crippen LogP contribution in [0.4, 0.5) is 11.4 Å². The van der Waals surface area contributed by atoms with Crippen LogP contribution in [0.25, 0.3) is 17.0 Å². The van der Waals surface area contributed by atoms with Crippen LogP contribution >= 0.6 is 11.6 Å². The fourth-order valence-corrected chi connectivity index (χ4v) is 8.12. The first-order valence-electron chi connectivity index (χ1n) is 23.8. The number of rotatable bonds is 19. The first-order chi connectivity index (χ1) is 30.2. The second-order valence-corrected chi connectivity index (χ2v) is 21.8. The number of hydrogen-bond acceptors (Lipinski definition) is 6. The summed E-state index contributed by atoms with van der Waals surface area (Å²) in [6.07, 6.45) is 3.02. The molecule has 0 saturated heterocycles. The highest BCUT2D eigenvalue weighted by Crippen LogP contribution is 2.41. The Morgan fingerprint density at radius 3 is 1.40 bits per heavy atom. The minimum Gasteiger partial charge on any atom is -0.480 e. The van der Waals surface area contributed by atoms with Gasteiger partial charge in [-0.25, -0.2) is 4.98 Å². The van der Waals surface area contributed by atoms with Crippen LogP contribution < -0.4 is 20.1 Å². The third-order valence-corrected chi connectivity index (χ3v) is 14.5. The number of carbonyl (C=O) groups excluding carboxylic acids is 2. The molecule has 2 amide bonds. The molecule has 0 saturated carbocycles. The van der Waals surface area contributed by atoms with Gasteiger partial charge in [-0.05, 0) is 102 Å². The zero-order chi connectivity index (χ0) is 48.4. The minimum atomic E-state index is -0.805. The molecule has 0 bridgehead atoms. The van der Waals surface area contributed by atoms with Crippen LogP contribution in [0.1, 0.15) is 184 Å². The maximum atomic E-state index is 14.3. The lowest BCUT2D eigenvalue weighted by Gasteiger charge is -2.31. The molecule has 0 fully saturated rings. The van der Waals surface area contributed by atoms with Gasteiger partial charge in [-0.2, -0.15) is 4.63 Å². The topological polar surface area (TPSA) is 123 Å². The molecule has 5 aromatic rings. The van der Waals surface area contributed by atoms with Crippen molar-refractivity contribution >= 4 is 40.4 Å². The van der Waals surface area contributed by atoms with Crippen molar-refractivity contribution in [3.05, 3.63) is 87.6 Å². The van der Waals surface area contributed by atoms with Gasteiger partial charge in [0.25, 0.3) is 11.8 Å². The Labute approximate surface area is 394 Å². The highest BCUT2D eigenvalue weighted by molar-refractivity contribution is 6.34. The average molecular weight is 910 g/mol. The zero-order valence-electron chi connectivity index (χ0n) is 42.4. The Morgan fingerprint density at radius 1 is 0.631 bits per heavy atom. The molecule has 0 aliphatic heterocycles. The zero-order valence-corrected chi connectivity index (χ0v) is 43.2. The fourth-order valence-electron chi connectivity index (χ4n) is 7.67. The highest BCUT2D eigenvalue weighted by atomic mass is 35.5. The molecular formula is C54H77ClN6O4. The first kappa shape index (κ1) is 51.2. The number of H-pyrrole nitrogens is 1. The van der Waals surface area contributed by atoms with Crippen LogP contribution in [0.15, 0.2) is 54.6 Å². The molecule has 10 nitrogen and oxygen atoms in total. The number of nitrogens with zero attached hydrogens (tertiary/aromatic N) is 3. The molecule has 0 aliphatic rings. The first-order valence-corrected chi connectivity index (χ1v) is 24.2. The van der Waals surface area contributed by atoms with E-state index in [4.69, 9.17) is 31.2 Å². The quantitative estimate of drug-likeness (QED) is 0.0758. The van der Waals surface area contributed by atoms with Crippen molar-refractivity contribution in [3.63, 3.8) is 0 Å². The summed E-state index contributed by atoms with van der Waals surface area (Å²) < 4.78 is 14.8. The Bertz CT molecular complexity index is 2360. The summed E-state index contributed by atoms with van der Waals surface area (Å²) in [6, 6.07) is 18.1. The number of carbonyl (C=O) groups is 2. The van der Waals surface area contributed by atoms with Gasteiger partial charge in [-0.15, -0.1) is 5.10 Å². The number of nitrogens with one attached hydrogen (secondary N) is 3. The van der Waals surface area contributed by atoms with E-state index in [1.165, 1.54) is 11.1 Å². The number of benzene rings is 3. The predicted molar refractivity (Wildman–Crippen MR) is 269 cm³/mol. The number of fused-ring (bicyclic) bond motifs is 1. The van der Waals surface area contributed by atoms with Crippen molar-refractivity contribution in [1.82, 2.24) is 19.8 Å². The number of aromatic nitrogens is 4. The number of aromatic amines is 1. The van der Waals surface area contributed by atoms with Gasteiger partial charge in [0, 0.05) is 33.5 Å². The molecule has 2 aromatic heterocycles. The third kappa shape index (κ3) is 11.2. The Hall–Kier alpha value is -4.83. The molecule has 65 heavy (non-hydrogen) atoms. The van der Waals surface area contributed by atoms with Gasteiger partial charge in [-0.3, -0.25) is 14.7 Å². The molecule has 2 unspecified atom stereocenters. The molecule has 0 radical (unpaired) electrons. The standard InChI is InChI=1S/C54H77ClN6O4/c1-18-40(64-42-26-24-34(51(10,11)20-3)30-38(42)53(14,15)22-5)48(62)56-36-28-33(46-58-47-44(55)45(50(7,8)9)59-61(47)60-46)29-37(32-36)57-49(63)41(19-2)65-43-27-25-35(52(12,13)21-4)31-39(43)54(16,17)23-6/h24-32,40-41,59H,18-23H2,1-17H3,(H,56,62)(H,57,63). The van der Waals surface area contributed by atoms with E-state index < -0.39 is 12.2 Å². The maximum absolute atomic E-state index is 14.3. The normalized spacial score (nSPS) is 13.8. The summed E-state index contributed by atoms with van der Waals surface area (Å²) >= 11 is 6.85. The third-order valence-electron chi connectivity index (χ3n) is 14.1. The van der Waals surface area contributed by atoms with E-state index in [1.54, 1.807) is 22.8 Å². The van der Waals surface area contributed by atoms with E-state index in [1.807, 2.05) is 26.0 Å². The lowest BCUT2D eigenvalue weighted by atomic mass is 9.76. The second kappa shape index (κ2) is 19.6. The average Bonchev–Trinajstić information content (AvgIpc) is 3.83. The molecule has 354 valence electrons. The van der Waals surface area contributed by atoms with Crippen molar-refractivity contribution < 1.29 is 19.1 Å². The van der Waals surface area contributed by atoms with Crippen molar-refractivity contribution in [3.8, 4) is 22.9 Å². The molecule has 2 heterocycles. The molecule has 0 spiro atoms. The molecule has 0 aliphatic carbocycles. The van der Waals surface area contributed by atoms with E-state index in [0.29, 0.717) is 57.8 Å². The summed E-state index contributed by atoms with van der Waals surface area (Å²) in [5.41, 5.74) is 6.70.